The third kappa shape index (κ3) is 2.52. The Balaban J connectivity index is 1.71. The van der Waals surface area contributed by atoms with Crippen molar-refractivity contribution in [1.29, 1.82) is 0 Å². The Labute approximate surface area is 144 Å². The second-order valence-corrected chi connectivity index (χ2v) is 6.77. The molecular weight excluding hydrogens is 322 g/mol. The molecule has 1 fully saturated rings. The Hall–Kier alpha value is -2.48. The highest BCUT2D eigenvalue weighted by Gasteiger charge is 2.42. The molecule has 2 aromatic rings. The molecule has 0 bridgehead atoms. The molecule has 1 aromatic carbocycles. The number of hydrogen-bond donors (Lipinski definition) is 2. The molecule has 0 radical (unpaired) electrons. The molecule has 0 saturated heterocycles. The van der Waals surface area contributed by atoms with Gasteiger partial charge >= 0.3 is 0 Å². The fourth-order valence-electron chi connectivity index (χ4n) is 3.57. The Morgan fingerprint density at radius 2 is 1.79 bits per heavy atom. The summed E-state index contributed by atoms with van der Waals surface area (Å²) < 4.78 is 3.91. The molecule has 2 heterocycles. The van der Waals surface area contributed by atoms with Crippen molar-refractivity contribution in [2.45, 2.75) is 37.8 Å². The summed E-state index contributed by atoms with van der Waals surface area (Å²) in [7, 11) is 0. The highest BCUT2D eigenvalue weighted by molar-refractivity contribution is 7.03. The smallest absolute Gasteiger partial charge is 0.220 e. The first-order valence-electron chi connectivity index (χ1n) is 8.05. The van der Waals surface area contributed by atoms with Crippen LogP contribution in [0.2, 0.25) is 0 Å². The molecule has 4 N–H and O–H groups in total. The second-order valence-electron chi connectivity index (χ2n) is 6.16. The van der Waals surface area contributed by atoms with Crippen molar-refractivity contribution in [2.24, 2.45) is 21.5 Å². The summed E-state index contributed by atoms with van der Waals surface area (Å²) in [5.41, 5.74) is 14.6. The number of nitrogens with two attached hydrogens (primary N) is 2. The van der Waals surface area contributed by atoms with E-state index in [1.807, 2.05) is 34.5 Å². The quantitative estimate of drug-likeness (QED) is 0.872. The molecule has 0 atom stereocenters. The van der Waals surface area contributed by atoms with Crippen LogP contribution in [0, 0.1) is 0 Å². The number of nitrogens with zero attached hydrogens (tertiary/aromatic N) is 5. The van der Waals surface area contributed by atoms with Crippen LogP contribution in [0.15, 0.2) is 39.6 Å². The summed E-state index contributed by atoms with van der Waals surface area (Å²) in [6.45, 7) is 0. The van der Waals surface area contributed by atoms with Crippen LogP contribution in [0.5, 0.6) is 0 Å². The minimum atomic E-state index is -0.405. The molecule has 124 valence electrons. The van der Waals surface area contributed by atoms with Crippen molar-refractivity contribution in [3.63, 3.8) is 0 Å². The van der Waals surface area contributed by atoms with Crippen molar-refractivity contribution in [3.05, 3.63) is 29.6 Å². The lowest BCUT2D eigenvalue weighted by molar-refractivity contribution is 0.305. The van der Waals surface area contributed by atoms with E-state index in [0.29, 0.717) is 5.96 Å². The number of hydrogen-bond acceptors (Lipinski definition) is 8. The summed E-state index contributed by atoms with van der Waals surface area (Å²) in [6.07, 6.45) is 5.31. The van der Waals surface area contributed by atoms with E-state index < -0.39 is 5.66 Å². The normalized spacial score (nSPS) is 19.9. The van der Waals surface area contributed by atoms with Gasteiger partial charge < -0.3 is 11.5 Å². The van der Waals surface area contributed by atoms with Crippen LogP contribution in [-0.4, -0.2) is 27.2 Å². The summed E-state index contributed by atoms with van der Waals surface area (Å²) in [6, 6.07) is 8.12. The minimum Gasteiger partial charge on any atom is -0.369 e. The minimum absolute atomic E-state index is 0.274. The van der Waals surface area contributed by atoms with E-state index in [1.165, 1.54) is 18.0 Å². The zero-order valence-electron chi connectivity index (χ0n) is 13.2. The molecule has 0 amide bonds. The average molecular weight is 341 g/mol. The van der Waals surface area contributed by atoms with Gasteiger partial charge in [0.15, 0.2) is 0 Å². The molecule has 0 unspecified atom stereocenters. The van der Waals surface area contributed by atoms with E-state index in [9.17, 15) is 0 Å². The SMILES string of the molecule is NC1=NC2(CCCCC2)N(c2ccc(-c3csnn3)cc2)C(N)=N1. The molecule has 1 spiro atoms. The van der Waals surface area contributed by atoms with Crippen LogP contribution in [0.25, 0.3) is 11.3 Å². The number of anilines is 1. The van der Waals surface area contributed by atoms with Crippen molar-refractivity contribution >= 4 is 29.1 Å². The van der Waals surface area contributed by atoms with E-state index in [-0.39, 0.29) is 5.96 Å². The highest BCUT2D eigenvalue weighted by Crippen LogP contribution is 2.39. The number of aliphatic imine (C=N–C) groups is 2. The highest BCUT2D eigenvalue weighted by atomic mass is 32.1. The molecule has 4 rings (SSSR count). The van der Waals surface area contributed by atoms with E-state index in [1.54, 1.807) is 0 Å². The van der Waals surface area contributed by atoms with Gasteiger partial charge in [0, 0.05) is 16.6 Å². The van der Waals surface area contributed by atoms with Gasteiger partial charge in [-0.05, 0) is 49.3 Å². The standard InChI is InChI=1S/C16H19N7S/c17-14-19-15(18)23(16(20-14)8-2-1-3-9-16)12-6-4-11(5-7-12)13-10-24-22-21-13/h4-7,10H,1-3,8-9H2,(H4,17,18,19,20). The van der Waals surface area contributed by atoms with Crippen molar-refractivity contribution in [2.75, 3.05) is 4.90 Å². The largest absolute Gasteiger partial charge is 0.369 e. The van der Waals surface area contributed by atoms with Gasteiger partial charge in [-0.15, -0.1) is 5.10 Å². The van der Waals surface area contributed by atoms with Crippen molar-refractivity contribution in [3.8, 4) is 11.3 Å². The fraction of sp³-hybridized carbons (Fsp3) is 0.375. The van der Waals surface area contributed by atoms with Crippen molar-refractivity contribution < 1.29 is 0 Å². The first-order valence-corrected chi connectivity index (χ1v) is 8.89. The molecule has 2 aliphatic rings. The Kier molecular flexibility index (Phi) is 3.68. The molecular formula is C16H19N7S. The third-order valence-electron chi connectivity index (χ3n) is 4.63. The van der Waals surface area contributed by atoms with Gasteiger partial charge in [-0.2, -0.15) is 4.99 Å². The van der Waals surface area contributed by atoms with E-state index in [4.69, 9.17) is 11.5 Å². The molecule has 1 aliphatic heterocycles. The summed E-state index contributed by atoms with van der Waals surface area (Å²) in [4.78, 5) is 10.9. The van der Waals surface area contributed by atoms with Crippen LogP contribution in [0.1, 0.15) is 32.1 Å². The van der Waals surface area contributed by atoms with Crippen LogP contribution >= 0.6 is 11.5 Å². The van der Waals surface area contributed by atoms with E-state index in [2.05, 4.69) is 19.6 Å². The molecule has 7 nitrogen and oxygen atoms in total. The van der Waals surface area contributed by atoms with Gasteiger partial charge in [0.05, 0.1) is 0 Å². The monoisotopic (exact) mass is 341 g/mol. The number of guanidine groups is 2. The zero-order valence-corrected chi connectivity index (χ0v) is 14.0. The molecule has 1 aliphatic carbocycles. The Morgan fingerprint density at radius 1 is 1.04 bits per heavy atom. The third-order valence-corrected chi connectivity index (χ3v) is 5.14. The van der Waals surface area contributed by atoms with E-state index >= 15 is 0 Å². The van der Waals surface area contributed by atoms with Crippen molar-refractivity contribution in [1.82, 2.24) is 9.59 Å². The molecule has 8 heteroatoms. The van der Waals surface area contributed by atoms with Gasteiger partial charge in [-0.1, -0.05) is 23.0 Å². The van der Waals surface area contributed by atoms with Gasteiger partial charge in [-0.25, -0.2) is 4.99 Å². The maximum Gasteiger partial charge on any atom is 0.220 e. The predicted octanol–water partition coefficient (Wildman–Crippen LogP) is 2.31. The number of benzene rings is 1. The van der Waals surface area contributed by atoms with Crippen LogP contribution in [-0.2, 0) is 0 Å². The summed E-state index contributed by atoms with van der Waals surface area (Å²) >= 11 is 1.34. The zero-order chi connectivity index (χ0) is 16.6. The predicted molar refractivity (Wildman–Crippen MR) is 96.9 cm³/mol. The first kappa shape index (κ1) is 15.1. The van der Waals surface area contributed by atoms with Gasteiger partial charge in [0.1, 0.15) is 11.4 Å². The van der Waals surface area contributed by atoms with Gasteiger partial charge in [0.2, 0.25) is 11.9 Å². The van der Waals surface area contributed by atoms with Crippen LogP contribution in [0.3, 0.4) is 0 Å². The maximum absolute atomic E-state index is 6.23. The number of rotatable bonds is 2. The van der Waals surface area contributed by atoms with Crippen LogP contribution in [0.4, 0.5) is 5.69 Å². The lowest BCUT2D eigenvalue weighted by Crippen LogP contribution is -2.58. The molecule has 1 saturated carbocycles. The topological polar surface area (TPSA) is 106 Å². The average Bonchev–Trinajstić information content (AvgIpc) is 3.10. The summed E-state index contributed by atoms with van der Waals surface area (Å²) in [5.74, 6) is 0.684. The van der Waals surface area contributed by atoms with E-state index in [0.717, 1.165) is 42.6 Å². The first-order chi connectivity index (χ1) is 11.7. The molecule has 24 heavy (non-hydrogen) atoms. The maximum atomic E-state index is 6.23. The lowest BCUT2D eigenvalue weighted by Gasteiger charge is -2.45. The Bertz CT molecular complexity index is 773. The van der Waals surface area contributed by atoms with Gasteiger partial charge in [-0.3, -0.25) is 4.90 Å². The summed E-state index contributed by atoms with van der Waals surface area (Å²) in [5, 5.41) is 6.03. The fourth-order valence-corrected chi connectivity index (χ4v) is 4.03. The second kappa shape index (κ2) is 5.86. The van der Waals surface area contributed by atoms with Crippen LogP contribution < -0.4 is 16.4 Å². The van der Waals surface area contributed by atoms with Gasteiger partial charge in [0.25, 0.3) is 0 Å². The Morgan fingerprint density at radius 3 is 2.46 bits per heavy atom. The number of aromatic nitrogens is 2. The lowest BCUT2D eigenvalue weighted by atomic mass is 9.87. The molecule has 1 aromatic heterocycles.